The maximum atomic E-state index is 13.5. The van der Waals surface area contributed by atoms with Gasteiger partial charge < -0.3 is 29.2 Å². The van der Waals surface area contributed by atoms with Crippen molar-refractivity contribution >= 4 is 29.0 Å². The van der Waals surface area contributed by atoms with Crippen molar-refractivity contribution < 1.29 is 33.3 Å². The highest BCUT2D eigenvalue weighted by atomic mass is 16.7. The summed E-state index contributed by atoms with van der Waals surface area (Å²) in [4.78, 5) is 54.7. The minimum Gasteiger partial charge on any atom is -0.458 e. The molecule has 0 spiro atoms. The number of ether oxygens (including phenoxy) is 4. The maximum absolute atomic E-state index is 13.5. The highest BCUT2D eigenvalue weighted by Crippen LogP contribution is 2.39. The Bertz CT molecular complexity index is 1570. The van der Waals surface area contributed by atoms with Gasteiger partial charge in [0.2, 0.25) is 6.10 Å². The lowest BCUT2D eigenvalue weighted by molar-refractivity contribution is -0.170. The lowest BCUT2D eigenvalue weighted by Gasteiger charge is -2.24. The monoisotopic (exact) mass is 551 g/mol. The molecule has 0 amide bonds. The molecule has 1 atom stereocenters. The van der Waals surface area contributed by atoms with Crippen LogP contribution in [0.5, 0.6) is 5.75 Å². The molecule has 2 aliphatic heterocycles. The van der Waals surface area contributed by atoms with Gasteiger partial charge in [0.15, 0.2) is 0 Å². The summed E-state index contributed by atoms with van der Waals surface area (Å²) in [6.45, 7) is 10.9. The number of carbonyl (C=O) groups excluding carboxylic acids is 3. The first-order valence-electron chi connectivity index (χ1n) is 13.2. The molecule has 0 saturated carbocycles. The van der Waals surface area contributed by atoms with Crippen molar-refractivity contribution in [1.82, 2.24) is 9.55 Å². The third-order valence-corrected chi connectivity index (χ3v) is 6.38. The van der Waals surface area contributed by atoms with Crippen molar-refractivity contribution in [1.29, 1.82) is 0 Å². The molecule has 11 heteroatoms. The van der Waals surface area contributed by atoms with Gasteiger partial charge in [-0.1, -0.05) is 20.8 Å². The number of aryl methyl sites for hydroxylation is 1. The Kier molecular flexibility index (Phi) is 7.97. The molecular weight excluding hydrogens is 518 g/mol. The van der Waals surface area contributed by atoms with Crippen LogP contribution in [0.4, 0.5) is 4.79 Å². The first-order chi connectivity index (χ1) is 19.0. The zero-order chi connectivity index (χ0) is 29.4. The normalized spacial score (nSPS) is 15.2. The number of nitrogens with zero attached hydrogens (tertiary/aromatic N) is 2. The van der Waals surface area contributed by atoms with Crippen molar-refractivity contribution in [3.63, 3.8) is 0 Å². The van der Waals surface area contributed by atoms with Crippen LogP contribution in [-0.4, -0.2) is 39.8 Å². The predicted octanol–water partition coefficient (Wildman–Crippen LogP) is 3.93. The summed E-state index contributed by atoms with van der Waals surface area (Å²) in [6, 6.07) is 6.75. The highest BCUT2D eigenvalue weighted by Gasteiger charge is 2.37. The molecule has 0 bridgehead atoms. The molecule has 0 saturated heterocycles. The molecule has 0 radical (unpaired) electrons. The summed E-state index contributed by atoms with van der Waals surface area (Å²) in [5.41, 5.74) is 8.35. The molecular formula is C29H33N3O8. The Morgan fingerprint density at radius 1 is 1.15 bits per heavy atom. The summed E-state index contributed by atoms with van der Waals surface area (Å²) in [5.74, 6) is -1.24. The molecule has 212 valence electrons. The molecule has 2 aromatic heterocycles. The Hall–Kier alpha value is -4.25. The van der Waals surface area contributed by atoms with Gasteiger partial charge in [0.05, 0.1) is 35.6 Å². The zero-order valence-corrected chi connectivity index (χ0v) is 23.5. The average Bonchev–Trinajstić information content (AvgIpc) is 3.27. The molecule has 3 aromatic rings. The highest BCUT2D eigenvalue weighted by molar-refractivity contribution is 5.90. The van der Waals surface area contributed by atoms with Crippen molar-refractivity contribution in [3.8, 4) is 17.1 Å². The second-order valence-corrected chi connectivity index (χ2v) is 10.1. The molecule has 0 fully saturated rings. The second-order valence-electron chi connectivity index (χ2n) is 10.1. The van der Waals surface area contributed by atoms with Crippen LogP contribution in [-0.2, 0) is 43.4 Å². The van der Waals surface area contributed by atoms with Gasteiger partial charge in [-0.15, -0.1) is 0 Å². The van der Waals surface area contributed by atoms with Crippen LogP contribution in [0.15, 0.2) is 29.1 Å². The molecule has 1 aromatic carbocycles. The van der Waals surface area contributed by atoms with E-state index in [0.717, 1.165) is 16.5 Å². The number of cyclic esters (lactones) is 1. The summed E-state index contributed by atoms with van der Waals surface area (Å²) in [7, 11) is 0. The van der Waals surface area contributed by atoms with Crippen LogP contribution >= 0.6 is 0 Å². The molecule has 0 aliphatic carbocycles. The third kappa shape index (κ3) is 5.29. The maximum Gasteiger partial charge on any atom is 0.514 e. The van der Waals surface area contributed by atoms with Crippen molar-refractivity contribution in [2.45, 2.75) is 72.8 Å². The number of nitrogens with two attached hydrogens (primary N) is 1. The Morgan fingerprint density at radius 2 is 1.88 bits per heavy atom. The van der Waals surface area contributed by atoms with Gasteiger partial charge in [0.1, 0.15) is 18.0 Å². The Balaban J connectivity index is 0.00000181. The minimum absolute atomic E-state index is 0.221. The summed E-state index contributed by atoms with van der Waals surface area (Å²) in [6.07, 6.45) is -1.57. The summed E-state index contributed by atoms with van der Waals surface area (Å²) in [5, 5.41) is 0.784. The van der Waals surface area contributed by atoms with Crippen LogP contribution in [0.1, 0.15) is 69.9 Å². The van der Waals surface area contributed by atoms with E-state index >= 15 is 0 Å². The molecule has 40 heavy (non-hydrogen) atoms. The van der Waals surface area contributed by atoms with Gasteiger partial charge in [0, 0.05) is 16.5 Å². The molecule has 2 aliphatic rings. The summed E-state index contributed by atoms with van der Waals surface area (Å²) >= 11 is 0. The average molecular weight is 552 g/mol. The van der Waals surface area contributed by atoms with E-state index in [9.17, 15) is 19.2 Å². The van der Waals surface area contributed by atoms with Gasteiger partial charge in [0.25, 0.3) is 5.56 Å². The summed E-state index contributed by atoms with van der Waals surface area (Å²) < 4.78 is 22.6. The lowest BCUT2D eigenvalue weighted by atomic mass is 9.97. The minimum atomic E-state index is -1.38. The molecule has 5 rings (SSSR count). The number of carbonyl (C=O) groups is 3. The largest absolute Gasteiger partial charge is 0.514 e. The van der Waals surface area contributed by atoms with E-state index in [1.54, 1.807) is 49.6 Å². The lowest BCUT2D eigenvalue weighted by Crippen LogP contribution is -2.35. The first-order valence-corrected chi connectivity index (χ1v) is 13.2. The third-order valence-electron chi connectivity index (χ3n) is 6.38. The standard InChI is InChI=1S/C27H27N3O8.C2H6/c1-5-14-15-8-13(36-26(34)38-27(2,3)4)6-7-19(15)29-22-17(14)11-30-20(22)9-16-18(24(30)32)12-35-25(33)23(16)37-21(31)10-28;1-2/h6-9,23H,5,10-12,28H2,1-4H3;1-2H3. The Labute approximate surface area is 231 Å². The van der Waals surface area contributed by atoms with Gasteiger partial charge in [-0.25, -0.2) is 14.6 Å². The van der Waals surface area contributed by atoms with Crippen LogP contribution < -0.4 is 16.0 Å². The quantitative estimate of drug-likeness (QED) is 0.225. The van der Waals surface area contributed by atoms with Gasteiger partial charge in [-0.3, -0.25) is 9.59 Å². The van der Waals surface area contributed by atoms with E-state index in [2.05, 4.69) is 0 Å². The van der Waals surface area contributed by atoms with Gasteiger partial charge in [-0.2, -0.15) is 0 Å². The SMILES string of the molecule is CC.CCc1c2c(nc3ccc(OC(=O)OC(C)(C)C)cc13)-c1cc3c(c(=O)n1C2)COC(=O)C3OC(=O)CN. The van der Waals surface area contributed by atoms with E-state index in [1.807, 2.05) is 20.8 Å². The molecule has 1 unspecified atom stereocenters. The Morgan fingerprint density at radius 3 is 2.52 bits per heavy atom. The number of benzene rings is 1. The first kappa shape index (κ1) is 28.8. The van der Waals surface area contributed by atoms with E-state index in [1.165, 1.54) is 0 Å². The van der Waals surface area contributed by atoms with E-state index < -0.39 is 36.3 Å². The number of aromatic nitrogens is 2. The second kappa shape index (κ2) is 11.1. The van der Waals surface area contributed by atoms with Crippen molar-refractivity contribution in [3.05, 3.63) is 56.9 Å². The van der Waals surface area contributed by atoms with Crippen molar-refractivity contribution in [2.24, 2.45) is 5.73 Å². The van der Waals surface area contributed by atoms with Gasteiger partial charge >= 0.3 is 18.1 Å². The molecule has 2 N–H and O–H groups in total. The van der Waals surface area contributed by atoms with Gasteiger partial charge in [-0.05, 0) is 57.0 Å². The van der Waals surface area contributed by atoms with Crippen LogP contribution in [0.2, 0.25) is 0 Å². The zero-order valence-electron chi connectivity index (χ0n) is 23.5. The number of fused-ring (bicyclic) bond motifs is 5. The molecule has 11 nitrogen and oxygen atoms in total. The van der Waals surface area contributed by atoms with E-state index in [4.69, 9.17) is 29.7 Å². The fourth-order valence-electron chi connectivity index (χ4n) is 4.80. The number of pyridine rings is 2. The van der Waals surface area contributed by atoms with Crippen molar-refractivity contribution in [2.75, 3.05) is 6.54 Å². The number of rotatable bonds is 4. The smallest absolute Gasteiger partial charge is 0.458 e. The number of hydrogen-bond donors (Lipinski definition) is 1. The van der Waals surface area contributed by atoms with E-state index in [0.29, 0.717) is 29.1 Å². The predicted molar refractivity (Wildman–Crippen MR) is 146 cm³/mol. The molecule has 4 heterocycles. The topological polar surface area (TPSA) is 149 Å². The van der Waals surface area contributed by atoms with E-state index in [-0.39, 0.29) is 29.8 Å². The van der Waals surface area contributed by atoms with Crippen LogP contribution in [0.3, 0.4) is 0 Å². The fraction of sp³-hybridized carbons (Fsp3) is 0.414. The number of hydrogen-bond acceptors (Lipinski definition) is 10. The van der Waals surface area contributed by atoms with Crippen LogP contribution in [0.25, 0.3) is 22.3 Å². The number of esters is 2. The fourth-order valence-corrected chi connectivity index (χ4v) is 4.80. The van der Waals surface area contributed by atoms with Crippen LogP contribution in [0, 0.1) is 0 Å².